The van der Waals surface area contributed by atoms with Crippen molar-refractivity contribution in [2.75, 3.05) is 19.7 Å². The molecule has 0 saturated carbocycles. The highest BCUT2D eigenvalue weighted by Gasteiger charge is 2.34. The zero-order valence-electron chi connectivity index (χ0n) is 14.9. The molecule has 1 amide bonds. The molecule has 1 aliphatic carbocycles. The average molecular weight is 373 g/mol. The summed E-state index contributed by atoms with van der Waals surface area (Å²) in [4.78, 5) is 25.7. The number of morpholine rings is 1. The van der Waals surface area contributed by atoms with E-state index in [9.17, 15) is 14.0 Å². The van der Waals surface area contributed by atoms with Crippen LogP contribution < -0.4 is 0 Å². The second kappa shape index (κ2) is 6.77. The van der Waals surface area contributed by atoms with Crippen molar-refractivity contribution in [2.45, 2.75) is 32.3 Å². The van der Waals surface area contributed by atoms with Crippen molar-refractivity contribution in [3.05, 3.63) is 46.5 Å². The Kier molecular flexibility index (Phi) is 4.43. The molecule has 1 unspecified atom stereocenters. The number of halogens is 1. The van der Waals surface area contributed by atoms with Crippen molar-refractivity contribution < 1.29 is 23.8 Å². The molecule has 2 aromatic rings. The molecule has 2 aliphatic rings. The summed E-state index contributed by atoms with van der Waals surface area (Å²) in [7, 11) is 0. The summed E-state index contributed by atoms with van der Waals surface area (Å²) in [6.45, 7) is 2.27. The number of carboxylic acids is 1. The van der Waals surface area contributed by atoms with Gasteiger partial charge in [0.1, 0.15) is 11.5 Å². The van der Waals surface area contributed by atoms with Crippen LogP contribution in [0.25, 0.3) is 5.69 Å². The molecule has 1 atom stereocenters. The van der Waals surface area contributed by atoms with E-state index in [1.807, 2.05) is 13.0 Å². The van der Waals surface area contributed by atoms with Crippen LogP contribution >= 0.6 is 0 Å². The van der Waals surface area contributed by atoms with Gasteiger partial charge in [-0.1, -0.05) is 6.07 Å². The Balaban J connectivity index is 1.70. The van der Waals surface area contributed by atoms with E-state index >= 15 is 0 Å². The van der Waals surface area contributed by atoms with Crippen LogP contribution in [0.1, 0.15) is 33.7 Å². The molecule has 1 aliphatic heterocycles. The molecule has 1 fully saturated rings. The number of carbonyl (C=O) groups excluding carboxylic acids is 1. The zero-order chi connectivity index (χ0) is 19.1. The minimum atomic E-state index is -1.09. The molecular weight excluding hydrogens is 353 g/mol. The molecule has 0 spiro atoms. The Bertz CT molecular complexity index is 924. The lowest BCUT2D eigenvalue weighted by Gasteiger charge is -2.30. The Labute approximate surface area is 155 Å². The van der Waals surface area contributed by atoms with Gasteiger partial charge < -0.3 is 14.7 Å². The molecule has 4 rings (SSSR count). The molecule has 2 heterocycles. The minimum absolute atomic E-state index is 0.0192. The maximum absolute atomic E-state index is 14.5. The van der Waals surface area contributed by atoms with Gasteiger partial charge in [0.15, 0.2) is 11.8 Å². The van der Waals surface area contributed by atoms with Crippen molar-refractivity contribution in [1.82, 2.24) is 14.7 Å². The van der Waals surface area contributed by atoms with Crippen LogP contribution in [-0.4, -0.2) is 57.5 Å². The summed E-state index contributed by atoms with van der Waals surface area (Å²) in [5.74, 6) is -1.80. The molecule has 0 radical (unpaired) electrons. The first-order chi connectivity index (χ1) is 13.0. The first kappa shape index (κ1) is 17.7. The molecule has 7 nitrogen and oxygen atoms in total. The van der Waals surface area contributed by atoms with Crippen LogP contribution in [0.3, 0.4) is 0 Å². The highest BCUT2D eigenvalue weighted by atomic mass is 19.1. The highest BCUT2D eigenvalue weighted by molar-refractivity contribution is 5.94. The van der Waals surface area contributed by atoms with Gasteiger partial charge in [-0.2, -0.15) is 5.10 Å². The van der Waals surface area contributed by atoms with E-state index in [-0.39, 0.29) is 30.6 Å². The Hall–Kier alpha value is -2.74. The van der Waals surface area contributed by atoms with E-state index in [1.165, 1.54) is 15.6 Å². The van der Waals surface area contributed by atoms with Crippen molar-refractivity contribution in [3.63, 3.8) is 0 Å². The number of aryl methyl sites for hydroxylation is 1. The summed E-state index contributed by atoms with van der Waals surface area (Å²) in [5, 5.41) is 13.6. The third kappa shape index (κ3) is 3.10. The van der Waals surface area contributed by atoms with E-state index in [0.717, 1.165) is 29.7 Å². The number of carbonyl (C=O) groups is 2. The van der Waals surface area contributed by atoms with Crippen LogP contribution in [0.5, 0.6) is 0 Å². The summed E-state index contributed by atoms with van der Waals surface area (Å²) in [6.07, 6.45) is 1.27. The number of aliphatic carboxylic acids is 1. The molecule has 1 saturated heterocycles. The molecular formula is C19H20FN3O4. The molecule has 1 aromatic carbocycles. The van der Waals surface area contributed by atoms with Gasteiger partial charge >= 0.3 is 5.97 Å². The normalized spacial score (nSPS) is 19.2. The van der Waals surface area contributed by atoms with Crippen LogP contribution in [0.4, 0.5) is 4.39 Å². The fourth-order valence-electron chi connectivity index (χ4n) is 3.73. The van der Waals surface area contributed by atoms with Crippen molar-refractivity contribution in [2.24, 2.45) is 0 Å². The summed E-state index contributed by atoms with van der Waals surface area (Å²) >= 11 is 0. The van der Waals surface area contributed by atoms with Crippen molar-refractivity contribution in [1.29, 1.82) is 0 Å². The molecule has 142 valence electrons. The number of nitrogens with zero attached hydrogens (tertiary/aromatic N) is 3. The Morgan fingerprint density at radius 2 is 2.15 bits per heavy atom. The lowest BCUT2D eigenvalue weighted by molar-refractivity contribution is -0.154. The first-order valence-corrected chi connectivity index (χ1v) is 8.96. The second-order valence-corrected chi connectivity index (χ2v) is 6.94. The van der Waals surface area contributed by atoms with E-state index in [2.05, 4.69) is 5.10 Å². The molecule has 8 heteroatoms. The SMILES string of the molecule is Cc1ccc(-n2nc(C(=O)N3CCOC(C(=O)O)C3)c3c2CCC3)c(F)c1. The third-order valence-electron chi connectivity index (χ3n) is 5.09. The summed E-state index contributed by atoms with van der Waals surface area (Å²) < 4.78 is 21.2. The van der Waals surface area contributed by atoms with E-state index < -0.39 is 12.1 Å². The molecule has 1 N–H and O–H groups in total. The van der Waals surface area contributed by atoms with Crippen LogP contribution in [0, 0.1) is 12.7 Å². The van der Waals surface area contributed by atoms with Gasteiger partial charge in [-0.05, 0) is 43.9 Å². The number of fused-ring (bicyclic) bond motifs is 1. The topological polar surface area (TPSA) is 84.7 Å². The highest BCUT2D eigenvalue weighted by Crippen LogP contribution is 2.30. The number of aromatic nitrogens is 2. The van der Waals surface area contributed by atoms with Gasteiger partial charge in [-0.3, -0.25) is 4.79 Å². The number of rotatable bonds is 3. The Morgan fingerprint density at radius 3 is 2.89 bits per heavy atom. The quantitative estimate of drug-likeness (QED) is 0.886. The molecule has 0 bridgehead atoms. The largest absolute Gasteiger partial charge is 0.479 e. The monoisotopic (exact) mass is 373 g/mol. The zero-order valence-corrected chi connectivity index (χ0v) is 14.9. The molecule has 1 aromatic heterocycles. The van der Waals surface area contributed by atoms with Crippen molar-refractivity contribution in [3.8, 4) is 5.69 Å². The van der Waals surface area contributed by atoms with Gasteiger partial charge in [0.2, 0.25) is 0 Å². The number of benzene rings is 1. The van der Waals surface area contributed by atoms with E-state index in [4.69, 9.17) is 9.84 Å². The Morgan fingerprint density at radius 1 is 1.33 bits per heavy atom. The summed E-state index contributed by atoms with van der Waals surface area (Å²) in [6, 6.07) is 4.92. The van der Waals surface area contributed by atoms with Crippen molar-refractivity contribution >= 4 is 11.9 Å². The summed E-state index contributed by atoms with van der Waals surface area (Å²) in [5.41, 5.74) is 3.10. The van der Waals surface area contributed by atoms with E-state index in [0.29, 0.717) is 18.7 Å². The van der Waals surface area contributed by atoms with Gasteiger partial charge in [-0.15, -0.1) is 0 Å². The lowest BCUT2D eigenvalue weighted by Crippen LogP contribution is -2.48. The van der Waals surface area contributed by atoms with Gasteiger partial charge in [-0.25, -0.2) is 13.9 Å². The number of hydrogen-bond donors (Lipinski definition) is 1. The van der Waals surface area contributed by atoms with Crippen LogP contribution in [0.2, 0.25) is 0 Å². The predicted octanol–water partition coefficient (Wildman–Crippen LogP) is 1.73. The maximum Gasteiger partial charge on any atom is 0.334 e. The van der Waals surface area contributed by atoms with Gasteiger partial charge in [0, 0.05) is 17.8 Å². The lowest BCUT2D eigenvalue weighted by atomic mass is 10.1. The fourth-order valence-corrected chi connectivity index (χ4v) is 3.73. The number of ether oxygens (including phenoxy) is 1. The van der Waals surface area contributed by atoms with Crippen LogP contribution in [-0.2, 0) is 22.4 Å². The standard InChI is InChI=1S/C19H20FN3O4/c1-11-5-6-15(13(20)9-11)23-14-4-2-3-12(14)17(21-23)18(24)22-7-8-27-16(10-22)19(25)26/h5-6,9,16H,2-4,7-8,10H2,1H3,(H,25,26). The second-order valence-electron chi connectivity index (χ2n) is 6.94. The smallest absolute Gasteiger partial charge is 0.334 e. The van der Waals surface area contributed by atoms with Crippen LogP contribution in [0.15, 0.2) is 18.2 Å². The number of hydrogen-bond acceptors (Lipinski definition) is 4. The number of carboxylic acid groups (broad SMARTS) is 1. The minimum Gasteiger partial charge on any atom is -0.479 e. The van der Waals surface area contributed by atoms with Gasteiger partial charge in [0.25, 0.3) is 5.91 Å². The number of amides is 1. The maximum atomic E-state index is 14.5. The van der Waals surface area contributed by atoms with E-state index in [1.54, 1.807) is 6.07 Å². The first-order valence-electron chi connectivity index (χ1n) is 8.96. The predicted molar refractivity (Wildman–Crippen MR) is 93.6 cm³/mol. The molecule has 27 heavy (non-hydrogen) atoms. The van der Waals surface area contributed by atoms with Gasteiger partial charge in [0.05, 0.1) is 13.2 Å². The average Bonchev–Trinajstić information content (AvgIpc) is 3.24. The fraction of sp³-hybridized carbons (Fsp3) is 0.421. The third-order valence-corrected chi connectivity index (χ3v) is 5.09.